The molecular weight excluding hydrogens is 385 g/mol. The molecule has 0 fully saturated rings. The first-order valence-electron chi connectivity index (χ1n) is 9.56. The van der Waals surface area contributed by atoms with Crippen LogP contribution >= 0.6 is 0 Å². The van der Waals surface area contributed by atoms with Gasteiger partial charge in [0.2, 0.25) is 0 Å². The van der Waals surface area contributed by atoms with Gasteiger partial charge in [0, 0.05) is 45.6 Å². The second-order valence-electron chi connectivity index (χ2n) is 7.34. The first-order chi connectivity index (χ1) is 14.4. The number of benzene rings is 3. The van der Waals surface area contributed by atoms with Crippen LogP contribution in [0.5, 0.6) is 0 Å². The fraction of sp³-hybridized carbons (Fsp3) is 0.0800. The first kappa shape index (κ1) is 18.4. The number of aliphatic imine (C=N–C) groups is 1. The maximum absolute atomic E-state index is 13.1. The lowest BCUT2D eigenvalue weighted by Crippen LogP contribution is -2.04. The Labute approximate surface area is 171 Å². The van der Waals surface area contributed by atoms with Crippen molar-refractivity contribution in [3.8, 4) is 0 Å². The third-order valence-electron chi connectivity index (χ3n) is 5.48. The Morgan fingerprint density at radius 1 is 0.900 bits per heavy atom. The highest BCUT2D eigenvalue weighted by atomic mass is 19.4. The van der Waals surface area contributed by atoms with Gasteiger partial charge in [-0.1, -0.05) is 42.5 Å². The summed E-state index contributed by atoms with van der Waals surface area (Å²) in [7, 11) is 0. The van der Waals surface area contributed by atoms with Crippen LogP contribution in [-0.2, 0) is 6.18 Å². The summed E-state index contributed by atoms with van der Waals surface area (Å²) >= 11 is 0. The number of halogens is 3. The number of aromatic nitrogens is 1. The highest BCUT2D eigenvalue weighted by Gasteiger charge is 2.30. The number of nitrogens with zero attached hydrogens (tertiary/aromatic N) is 1. The predicted octanol–water partition coefficient (Wildman–Crippen LogP) is 7.17. The van der Waals surface area contributed by atoms with Crippen LogP contribution in [-0.4, -0.2) is 11.2 Å². The van der Waals surface area contributed by atoms with E-state index in [0.717, 1.165) is 56.6 Å². The predicted molar refractivity (Wildman–Crippen MR) is 115 cm³/mol. The van der Waals surface area contributed by atoms with Gasteiger partial charge in [0.15, 0.2) is 0 Å². The molecule has 5 heteroatoms. The van der Waals surface area contributed by atoms with Gasteiger partial charge in [0.1, 0.15) is 0 Å². The Morgan fingerprint density at radius 2 is 1.67 bits per heavy atom. The van der Waals surface area contributed by atoms with E-state index in [-0.39, 0.29) is 0 Å². The molecule has 30 heavy (non-hydrogen) atoms. The minimum atomic E-state index is -4.37. The molecule has 0 saturated carbocycles. The van der Waals surface area contributed by atoms with E-state index in [2.05, 4.69) is 9.98 Å². The Bertz CT molecular complexity index is 1320. The van der Waals surface area contributed by atoms with Crippen molar-refractivity contribution in [2.75, 3.05) is 0 Å². The molecule has 3 aromatic carbocycles. The number of allylic oxidation sites excluding steroid dienone is 1. The lowest BCUT2D eigenvalue weighted by Gasteiger charge is -2.14. The third-order valence-corrected chi connectivity index (χ3v) is 5.48. The number of alkyl halides is 3. The maximum atomic E-state index is 13.1. The maximum Gasteiger partial charge on any atom is 0.416 e. The van der Waals surface area contributed by atoms with Crippen molar-refractivity contribution in [3.63, 3.8) is 0 Å². The molecule has 1 aliphatic heterocycles. The molecule has 148 valence electrons. The van der Waals surface area contributed by atoms with Gasteiger partial charge in [-0.3, -0.25) is 4.99 Å². The second-order valence-corrected chi connectivity index (χ2v) is 7.34. The van der Waals surface area contributed by atoms with Crippen molar-refractivity contribution in [2.24, 2.45) is 4.99 Å². The normalized spacial score (nSPS) is 14.9. The summed E-state index contributed by atoms with van der Waals surface area (Å²) in [6, 6.07) is 19.1. The number of fused-ring (bicyclic) bond motifs is 2. The largest absolute Gasteiger partial charge is 0.416 e. The van der Waals surface area contributed by atoms with E-state index in [0.29, 0.717) is 5.56 Å². The highest BCUT2D eigenvalue weighted by Crippen LogP contribution is 2.42. The van der Waals surface area contributed by atoms with Crippen LogP contribution in [0, 0.1) is 6.92 Å². The standard InChI is InChI=1S/C25H17F3N2/c1-15-5-4-8-22-23(15)20(14-30-22)24(16-9-11-17(12-10-16)25(26,27)28)19-13-29-21-7-3-2-6-18(19)21/h2-14,30H,1H3/b24-19+. The molecule has 0 aliphatic carbocycles. The summed E-state index contributed by atoms with van der Waals surface area (Å²) in [4.78, 5) is 7.83. The molecule has 0 bridgehead atoms. The molecule has 0 radical (unpaired) electrons. The summed E-state index contributed by atoms with van der Waals surface area (Å²) < 4.78 is 39.3. The average molecular weight is 402 g/mol. The number of hydrogen-bond acceptors (Lipinski definition) is 1. The summed E-state index contributed by atoms with van der Waals surface area (Å²) in [5.74, 6) is 0. The topological polar surface area (TPSA) is 28.1 Å². The zero-order valence-electron chi connectivity index (χ0n) is 16.1. The monoisotopic (exact) mass is 402 g/mol. The van der Waals surface area contributed by atoms with Crippen LogP contribution in [0.25, 0.3) is 22.0 Å². The van der Waals surface area contributed by atoms with E-state index in [1.807, 2.05) is 55.6 Å². The number of para-hydroxylation sites is 1. The molecule has 1 aromatic heterocycles. The second kappa shape index (κ2) is 6.73. The van der Waals surface area contributed by atoms with Gasteiger partial charge in [-0.15, -0.1) is 0 Å². The number of H-pyrrole nitrogens is 1. The number of hydrogen-bond donors (Lipinski definition) is 1. The zero-order valence-corrected chi connectivity index (χ0v) is 16.1. The fourth-order valence-electron chi connectivity index (χ4n) is 4.06. The molecule has 0 spiro atoms. The summed E-state index contributed by atoms with van der Waals surface area (Å²) in [6.07, 6.45) is -0.647. The van der Waals surface area contributed by atoms with E-state index in [4.69, 9.17) is 0 Å². The van der Waals surface area contributed by atoms with E-state index in [1.165, 1.54) is 12.1 Å². The van der Waals surface area contributed by atoms with Gasteiger partial charge in [0.05, 0.1) is 11.3 Å². The molecule has 0 unspecified atom stereocenters. The lowest BCUT2D eigenvalue weighted by molar-refractivity contribution is -0.137. The van der Waals surface area contributed by atoms with Gasteiger partial charge in [-0.25, -0.2) is 0 Å². The fourth-order valence-corrected chi connectivity index (χ4v) is 4.06. The van der Waals surface area contributed by atoms with Gasteiger partial charge in [0.25, 0.3) is 0 Å². The van der Waals surface area contributed by atoms with Gasteiger partial charge in [-0.05, 0) is 42.3 Å². The van der Waals surface area contributed by atoms with Crippen LogP contribution in [0.15, 0.2) is 77.9 Å². The van der Waals surface area contributed by atoms with Gasteiger partial charge < -0.3 is 4.98 Å². The van der Waals surface area contributed by atoms with Crippen molar-refractivity contribution < 1.29 is 13.2 Å². The Kier molecular flexibility index (Phi) is 4.13. The Hall–Kier alpha value is -3.60. The van der Waals surface area contributed by atoms with E-state index >= 15 is 0 Å². The number of aromatic amines is 1. The molecule has 2 nitrogen and oxygen atoms in total. The Balaban J connectivity index is 1.80. The molecule has 1 N–H and O–H groups in total. The molecule has 0 saturated heterocycles. The molecule has 4 aromatic rings. The molecular formula is C25H17F3N2. The first-order valence-corrected chi connectivity index (χ1v) is 9.56. The van der Waals surface area contributed by atoms with Crippen molar-refractivity contribution in [1.82, 2.24) is 4.98 Å². The van der Waals surface area contributed by atoms with E-state index in [9.17, 15) is 13.2 Å². The molecule has 0 atom stereocenters. The highest BCUT2D eigenvalue weighted by molar-refractivity contribution is 6.27. The van der Waals surface area contributed by atoms with Gasteiger partial charge >= 0.3 is 6.18 Å². The minimum absolute atomic E-state index is 0.661. The quantitative estimate of drug-likeness (QED) is 0.368. The smallest absolute Gasteiger partial charge is 0.361 e. The summed E-state index contributed by atoms with van der Waals surface area (Å²) in [5.41, 5.74) is 6.66. The van der Waals surface area contributed by atoms with Crippen molar-refractivity contribution in [2.45, 2.75) is 13.1 Å². The number of aryl methyl sites for hydroxylation is 1. The number of nitrogens with one attached hydrogen (secondary N) is 1. The van der Waals surface area contributed by atoms with Crippen molar-refractivity contribution in [3.05, 3.63) is 101 Å². The minimum Gasteiger partial charge on any atom is -0.361 e. The SMILES string of the molecule is Cc1cccc2[nH]cc(/C(=C3\C=Nc4ccccc43)c3ccc(C(F)(F)F)cc3)c12. The zero-order chi connectivity index (χ0) is 20.9. The Morgan fingerprint density at radius 3 is 2.43 bits per heavy atom. The number of rotatable bonds is 2. The average Bonchev–Trinajstić information content (AvgIpc) is 3.34. The van der Waals surface area contributed by atoms with Crippen LogP contribution < -0.4 is 0 Å². The van der Waals surface area contributed by atoms with Crippen molar-refractivity contribution in [1.29, 1.82) is 0 Å². The van der Waals surface area contributed by atoms with E-state index < -0.39 is 11.7 Å². The molecule has 2 heterocycles. The lowest BCUT2D eigenvalue weighted by atomic mass is 9.89. The summed E-state index contributed by atoms with van der Waals surface area (Å²) in [6.45, 7) is 2.03. The van der Waals surface area contributed by atoms with Crippen LogP contribution in [0.2, 0.25) is 0 Å². The van der Waals surface area contributed by atoms with Crippen LogP contribution in [0.4, 0.5) is 18.9 Å². The third kappa shape index (κ3) is 2.94. The molecule has 5 rings (SSSR count). The molecule has 0 amide bonds. The van der Waals surface area contributed by atoms with Crippen molar-refractivity contribution >= 4 is 34.0 Å². The van der Waals surface area contributed by atoms with Crippen LogP contribution in [0.3, 0.4) is 0 Å². The summed E-state index contributed by atoms with van der Waals surface area (Å²) in [5, 5.41) is 1.05. The van der Waals surface area contributed by atoms with E-state index in [1.54, 1.807) is 6.21 Å². The molecule has 1 aliphatic rings. The van der Waals surface area contributed by atoms with Gasteiger partial charge in [-0.2, -0.15) is 13.2 Å². The van der Waals surface area contributed by atoms with Crippen LogP contribution in [0.1, 0.15) is 27.8 Å².